The molecule has 1 aliphatic heterocycles. The number of hydrogen-bond donors (Lipinski definition) is 1. The Morgan fingerprint density at radius 3 is 2.50 bits per heavy atom. The molecule has 30 heavy (non-hydrogen) atoms. The zero-order valence-electron chi connectivity index (χ0n) is 17.1. The van der Waals surface area contributed by atoms with Gasteiger partial charge in [0, 0.05) is 31.1 Å². The minimum Gasteiger partial charge on any atom is -0.350 e. The van der Waals surface area contributed by atoms with E-state index in [9.17, 15) is 9.59 Å². The molecule has 0 radical (unpaired) electrons. The molecule has 0 spiro atoms. The third-order valence-corrected chi connectivity index (χ3v) is 5.32. The molecule has 0 aliphatic carbocycles. The first-order chi connectivity index (χ1) is 14.5. The lowest BCUT2D eigenvalue weighted by molar-refractivity contribution is -0.125. The van der Waals surface area contributed by atoms with Crippen LogP contribution in [-0.4, -0.2) is 39.4 Å². The highest BCUT2D eigenvalue weighted by atomic mass is 16.5. The maximum absolute atomic E-state index is 13.0. The monoisotopic (exact) mass is 404 g/mol. The van der Waals surface area contributed by atoms with Gasteiger partial charge in [-0.2, -0.15) is 4.98 Å². The molecule has 1 aromatic heterocycles. The number of aromatic nitrogens is 2. The topological polar surface area (TPSA) is 88.3 Å². The van der Waals surface area contributed by atoms with Crippen LogP contribution in [0, 0.1) is 13.8 Å². The summed E-state index contributed by atoms with van der Waals surface area (Å²) in [5, 5.41) is 6.86. The standard InChI is InChI=1S/C23H24N4O3/c1-15-5-7-17(8-6-15)14-24-22(28)20-4-3-13-27(20)23(29)19-11-9-18(10-12-19)21-25-16(2)30-26-21/h5-12,20H,3-4,13-14H2,1-2H3,(H,24,28)/t20-/m1/s1. The van der Waals surface area contributed by atoms with Gasteiger partial charge < -0.3 is 14.7 Å². The molecule has 2 amide bonds. The van der Waals surface area contributed by atoms with E-state index in [1.807, 2.05) is 31.2 Å². The van der Waals surface area contributed by atoms with Gasteiger partial charge in [-0.25, -0.2) is 0 Å². The predicted molar refractivity (Wildman–Crippen MR) is 112 cm³/mol. The Morgan fingerprint density at radius 2 is 1.83 bits per heavy atom. The van der Waals surface area contributed by atoms with Crippen molar-refractivity contribution in [1.29, 1.82) is 0 Å². The molecule has 3 aromatic rings. The van der Waals surface area contributed by atoms with Gasteiger partial charge in [0.15, 0.2) is 0 Å². The first-order valence-electron chi connectivity index (χ1n) is 10.1. The van der Waals surface area contributed by atoms with Crippen LogP contribution in [0.25, 0.3) is 11.4 Å². The van der Waals surface area contributed by atoms with Crippen molar-refractivity contribution >= 4 is 11.8 Å². The van der Waals surface area contributed by atoms with Gasteiger partial charge in [0.1, 0.15) is 6.04 Å². The summed E-state index contributed by atoms with van der Waals surface area (Å²) in [7, 11) is 0. The maximum atomic E-state index is 13.0. The first kappa shape index (κ1) is 19.8. The highest BCUT2D eigenvalue weighted by Gasteiger charge is 2.34. The van der Waals surface area contributed by atoms with Crippen molar-refractivity contribution in [3.63, 3.8) is 0 Å². The van der Waals surface area contributed by atoms with E-state index in [2.05, 4.69) is 15.5 Å². The molecule has 1 N–H and O–H groups in total. The van der Waals surface area contributed by atoms with E-state index in [-0.39, 0.29) is 11.8 Å². The van der Waals surface area contributed by atoms with Crippen LogP contribution >= 0.6 is 0 Å². The molecule has 7 nitrogen and oxygen atoms in total. The van der Waals surface area contributed by atoms with Crippen molar-refractivity contribution in [1.82, 2.24) is 20.4 Å². The quantitative estimate of drug-likeness (QED) is 0.705. The van der Waals surface area contributed by atoms with Crippen LogP contribution in [-0.2, 0) is 11.3 Å². The number of likely N-dealkylation sites (tertiary alicyclic amines) is 1. The lowest BCUT2D eigenvalue weighted by Crippen LogP contribution is -2.45. The molecular formula is C23H24N4O3. The Hall–Kier alpha value is -3.48. The maximum Gasteiger partial charge on any atom is 0.254 e. The van der Waals surface area contributed by atoms with Crippen molar-refractivity contribution in [2.45, 2.75) is 39.3 Å². The summed E-state index contributed by atoms with van der Waals surface area (Å²) < 4.78 is 5.00. The number of carbonyl (C=O) groups is 2. The van der Waals surface area contributed by atoms with Crippen molar-refractivity contribution in [3.8, 4) is 11.4 Å². The number of carbonyl (C=O) groups excluding carboxylic acids is 2. The molecule has 2 aromatic carbocycles. The van der Waals surface area contributed by atoms with Crippen LogP contribution < -0.4 is 5.32 Å². The molecule has 4 rings (SSSR count). The van der Waals surface area contributed by atoms with Crippen LogP contribution in [0.2, 0.25) is 0 Å². The van der Waals surface area contributed by atoms with Crippen LogP contribution in [0.15, 0.2) is 53.1 Å². The van der Waals surface area contributed by atoms with E-state index < -0.39 is 6.04 Å². The number of aryl methyl sites for hydroxylation is 2. The van der Waals surface area contributed by atoms with E-state index in [1.165, 1.54) is 5.56 Å². The first-order valence-corrected chi connectivity index (χ1v) is 10.1. The summed E-state index contributed by atoms with van der Waals surface area (Å²) in [4.78, 5) is 31.6. The fourth-order valence-electron chi connectivity index (χ4n) is 3.64. The highest BCUT2D eigenvalue weighted by molar-refractivity contribution is 5.98. The summed E-state index contributed by atoms with van der Waals surface area (Å²) in [6.07, 6.45) is 1.49. The molecule has 1 saturated heterocycles. The van der Waals surface area contributed by atoms with E-state index in [0.717, 1.165) is 17.5 Å². The molecule has 2 heterocycles. The Labute approximate surface area is 175 Å². The Balaban J connectivity index is 1.41. The number of hydrogen-bond acceptors (Lipinski definition) is 5. The lowest BCUT2D eigenvalue weighted by Gasteiger charge is -2.24. The van der Waals surface area contributed by atoms with Gasteiger partial charge in [0.25, 0.3) is 5.91 Å². The second kappa shape index (κ2) is 8.49. The smallest absolute Gasteiger partial charge is 0.254 e. The van der Waals surface area contributed by atoms with Crippen molar-refractivity contribution in [2.75, 3.05) is 6.54 Å². The molecule has 0 saturated carbocycles. The molecular weight excluding hydrogens is 380 g/mol. The predicted octanol–water partition coefficient (Wildman–Crippen LogP) is 3.27. The third-order valence-electron chi connectivity index (χ3n) is 5.32. The molecule has 0 bridgehead atoms. The number of rotatable bonds is 5. The second-order valence-electron chi connectivity index (χ2n) is 7.57. The number of nitrogens with zero attached hydrogens (tertiary/aromatic N) is 3. The van der Waals surface area contributed by atoms with E-state index in [0.29, 0.717) is 36.8 Å². The third kappa shape index (κ3) is 4.25. The van der Waals surface area contributed by atoms with Crippen LogP contribution in [0.1, 0.15) is 40.2 Å². The highest BCUT2D eigenvalue weighted by Crippen LogP contribution is 2.22. The summed E-state index contributed by atoms with van der Waals surface area (Å²) in [5.74, 6) is 0.724. The van der Waals surface area contributed by atoms with Crippen molar-refractivity contribution in [2.24, 2.45) is 0 Å². The van der Waals surface area contributed by atoms with E-state index in [4.69, 9.17) is 4.52 Å². The molecule has 154 valence electrons. The van der Waals surface area contributed by atoms with Gasteiger partial charge >= 0.3 is 0 Å². The summed E-state index contributed by atoms with van der Waals surface area (Å²) in [6, 6.07) is 14.7. The number of amides is 2. The van der Waals surface area contributed by atoms with Crippen LogP contribution in [0.4, 0.5) is 0 Å². The molecule has 1 atom stereocenters. The van der Waals surface area contributed by atoms with Gasteiger partial charge in [-0.15, -0.1) is 0 Å². The lowest BCUT2D eigenvalue weighted by atomic mass is 10.1. The largest absolute Gasteiger partial charge is 0.350 e. The Kier molecular flexibility index (Phi) is 5.61. The van der Waals surface area contributed by atoms with E-state index in [1.54, 1.807) is 36.1 Å². The van der Waals surface area contributed by atoms with Gasteiger partial charge in [-0.1, -0.05) is 47.1 Å². The zero-order valence-corrected chi connectivity index (χ0v) is 17.1. The Morgan fingerprint density at radius 1 is 1.10 bits per heavy atom. The summed E-state index contributed by atoms with van der Waals surface area (Å²) in [5.41, 5.74) is 3.53. The fraction of sp³-hybridized carbons (Fsp3) is 0.304. The number of benzene rings is 2. The molecule has 1 fully saturated rings. The minimum atomic E-state index is -0.442. The Bertz CT molecular complexity index is 1040. The SMILES string of the molecule is Cc1ccc(CNC(=O)[C@H]2CCCN2C(=O)c2ccc(-c3noc(C)n3)cc2)cc1. The zero-order chi connectivity index (χ0) is 21.1. The van der Waals surface area contributed by atoms with Crippen molar-refractivity contribution in [3.05, 3.63) is 71.1 Å². The summed E-state index contributed by atoms with van der Waals surface area (Å²) in [6.45, 7) is 4.79. The minimum absolute atomic E-state index is 0.111. The van der Waals surface area contributed by atoms with Gasteiger partial charge in [0.2, 0.25) is 17.6 Å². The van der Waals surface area contributed by atoms with Crippen LogP contribution in [0.3, 0.4) is 0 Å². The fourth-order valence-corrected chi connectivity index (χ4v) is 3.64. The average molecular weight is 404 g/mol. The second-order valence-corrected chi connectivity index (χ2v) is 7.57. The van der Waals surface area contributed by atoms with Gasteiger partial charge in [-0.05, 0) is 37.5 Å². The van der Waals surface area contributed by atoms with E-state index >= 15 is 0 Å². The molecule has 7 heteroatoms. The molecule has 0 unspecified atom stereocenters. The molecule has 1 aliphatic rings. The van der Waals surface area contributed by atoms with Gasteiger partial charge in [0.05, 0.1) is 0 Å². The average Bonchev–Trinajstić information content (AvgIpc) is 3.42. The normalized spacial score (nSPS) is 15.9. The van der Waals surface area contributed by atoms with Crippen molar-refractivity contribution < 1.29 is 14.1 Å². The van der Waals surface area contributed by atoms with Gasteiger partial charge in [-0.3, -0.25) is 9.59 Å². The van der Waals surface area contributed by atoms with Crippen LogP contribution in [0.5, 0.6) is 0 Å². The summed E-state index contributed by atoms with van der Waals surface area (Å²) >= 11 is 0. The number of nitrogens with one attached hydrogen (secondary N) is 1.